The van der Waals surface area contributed by atoms with Crippen LogP contribution < -0.4 is 10.5 Å². The maximum atomic E-state index is 11.8. The van der Waals surface area contributed by atoms with Crippen molar-refractivity contribution in [2.24, 2.45) is 5.73 Å². The zero-order valence-electron chi connectivity index (χ0n) is 11.8. The van der Waals surface area contributed by atoms with Gasteiger partial charge in [0.25, 0.3) is 0 Å². The van der Waals surface area contributed by atoms with Crippen molar-refractivity contribution in [3.63, 3.8) is 0 Å². The van der Waals surface area contributed by atoms with Crippen LogP contribution in [0.4, 0.5) is 0 Å². The third-order valence-electron chi connectivity index (χ3n) is 3.53. The first-order valence-electron chi connectivity index (χ1n) is 7.04. The summed E-state index contributed by atoms with van der Waals surface area (Å²) in [5, 5.41) is 9.36. The van der Waals surface area contributed by atoms with E-state index in [2.05, 4.69) is 13.0 Å². The maximum Gasteiger partial charge on any atom is 0.225 e. The van der Waals surface area contributed by atoms with Gasteiger partial charge in [0.1, 0.15) is 11.9 Å². The number of aliphatic hydroxyl groups is 1. The quantitative estimate of drug-likeness (QED) is 0.796. The van der Waals surface area contributed by atoms with E-state index in [4.69, 9.17) is 10.5 Å². The van der Waals surface area contributed by atoms with Gasteiger partial charge in [-0.1, -0.05) is 25.1 Å². The average Bonchev–Trinajstić information content (AvgIpc) is 2.42. The smallest absolute Gasteiger partial charge is 0.225 e. The van der Waals surface area contributed by atoms with Crippen LogP contribution >= 0.6 is 0 Å². The van der Waals surface area contributed by atoms with Crippen LogP contribution in [-0.4, -0.2) is 47.8 Å². The number of rotatable bonds is 6. The van der Waals surface area contributed by atoms with Gasteiger partial charge in [0.05, 0.1) is 25.6 Å². The summed E-state index contributed by atoms with van der Waals surface area (Å²) >= 11 is 0. The number of para-hydroxylation sites is 1. The van der Waals surface area contributed by atoms with Gasteiger partial charge >= 0.3 is 0 Å². The number of carbonyl (C=O) groups excluding carboxylic acids is 1. The third-order valence-corrected chi connectivity index (χ3v) is 3.53. The first kappa shape index (κ1) is 14.8. The SMILES string of the molecule is CCc1ccccc1OC1CN(C(=O)CC(O)CN)C1. The molecule has 1 aliphatic heterocycles. The molecular weight excluding hydrogens is 256 g/mol. The molecule has 0 aromatic heterocycles. The molecule has 1 aliphatic rings. The molecule has 5 nitrogen and oxygen atoms in total. The fourth-order valence-electron chi connectivity index (χ4n) is 2.22. The van der Waals surface area contributed by atoms with Crippen molar-refractivity contribution >= 4 is 5.91 Å². The number of carbonyl (C=O) groups is 1. The van der Waals surface area contributed by atoms with Gasteiger partial charge in [0.15, 0.2) is 0 Å². The molecular formula is C15H22N2O3. The van der Waals surface area contributed by atoms with Crippen LogP contribution in [0.3, 0.4) is 0 Å². The monoisotopic (exact) mass is 278 g/mol. The Hall–Kier alpha value is -1.59. The van der Waals surface area contributed by atoms with E-state index in [1.54, 1.807) is 4.90 Å². The summed E-state index contributed by atoms with van der Waals surface area (Å²) in [5.41, 5.74) is 6.47. The number of aliphatic hydroxyl groups excluding tert-OH is 1. The lowest BCUT2D eigenvalue weighted by molar-refractivity contribution is -0.141. The normalized spacial score (nSPS) is 16.6. The molecule has 1 heterocycles. The first-order valence-corrected chi connectivity index (χ1v) is 7.04. The van der Waals surface area contributed by atoms with Gasteiger partial charge in [-0.2, -0.15) is 0 Å². The van der Waals surface area contributed by atoms with Crippen LogP contribution in [0.1, 0.15) is 18.9 Å². The van der Waals surface area contributed by atoms with E-state index < -0.39 is 6.10 Å². The number of nitrogens with zero attached hydrogens (tertiary/aromatic N) is 1. The van der Waals surface area contributed by atoms with E-state index in [0.717, 1.165) is 12.2 Å². The van der Waals surface area contributed by atoms with Gasteiger partial charge in [0.2, 0.25) is 5.91 Å². The molecule has 1 aromatic rings. The number of aryl methyl sites for hydroxylation is 1. The molecule has 3 N–H and O–H groups in total. The van der Waals surface area contributed by atoms with E-state index >= 15 is 0 Å². The molecule has 20 heavy (non-hydrogen) atoms. The second kappa shape index (κ2) is 6.72. The van der Waals surface area contributed by atoms with Crippen LogP contribution in [0, 0.1) is 0 Å². The topological polar surface area (TPSA) is 75.8 Å². The standard InChI is InChI=1S/C15H22N2O3/c1-2-11-5-3-4-6-14(11)20-13-9-17(10-13)15(19)7-12(18)8-16/h3-6,12-13,18H,2,7-10,16H2,1H3. The molecule has 0 radical (unpaired) electrons. The largest absolute Gasteiger partial charge is 0.486 e. The van der Waals surface area contributed by atoms with Gasteiger partial charge in [-0.05, 0) is 18.1 Å². The number of benzene rings is 1. The van der Waals surface area contributed by atoms with Crippen molar-refractivity contribution in [2.45, 2.75) is 32.0 Å². The highest BCUT2D eigenvalue weighted by atomic mass is 16.5. The lowest BCUT2D eigenvalue weighted by Gasteiger charge is -2.39. The fourth-order valence-corrected chi connectivity index (χ4v) is 2.22. The van der Waals surface area contributed by atoms with E-state index in [-0.39, 0.29) is 25.0 Å². The van der Waals surface area contributed by atoms with E-state index in [9.17, 15) is 9.90 Å². The minimum atomic E-state index is -0.747. The van der Waals surface area contributed by atoms with Crippen LogP contribution in [0.2, 0.25) is 0 Å². The Morgan fingerprint density at radius 3 is 2.85 bits per heavy atom. The van der Waals surface area contributed by atoms with Crippen molar-refractivity contribution in [3.05, 3.63) is 29.8 Å². The van der Waals surface area contributed by atoms with Crippen LogP contribution in [0.25, 0.3) is 0 Å². The maximum absolute atomic E-state index is 11.8. The number of nitrogens with two attached hydrogens (primary N) is 1. The van der Waals surface area contributed by atoms with Crippen molar-refractivity contribution in [1.29, 1.82) is 0 Å². The highest BCUT2D eigenvalue weighted by Crippen LogP contribution is 2.23. The molecule has 0 aliphatic carbocycles. The zero-order valence-corrected chi connectivity index (χ0v) is 11.8. The molecule has 0 spiro atoms. The summed E-state index contributed by atoms with van der Waals surface area (Å²) in [7, 11) is 0. The van der Waals surface area contributed by atoms with E-state index in [1.807, 2.05) is 18.2 Å². The summed E-state index contributed by atoms with van der Waals surface area (Å²) in [5.74, 6) is 0.834. The molecule has 110 valence electrons. The summed E-state index contributed by atoms with van der Waals surface area (Å²) < 4.78 is 5.90. The van der Waals surface area contributed by atoms with Crippen molar-refractivity contribution in [1.82, 2.24) is 4.90 Å². The van der Waals surface area contributed by atoms with Crippen molar-refractivity contribution < 1.29 is 14.6 Å². The highest BCUT2D eigenvalue weighted by molar-refractivity contribution is 5.77. The second-order valence-corrected chi connectivity index (χ2v) is 5.09. The Morgan fingerprint density at radius 2 is 2.20 bits per heavy atom. The Kier molecular flexibility index (Phi) is 4.98. The predicted octanol–water partition coefficient (Wildman–Crippen LogP) is 0.548. The number of ether oxygens (including phenoxy) is 1. The third kappa shape index (κ3) is 3.49. The van der Waals surface area contributed by atoms with Crippen LogP contribution in [0.15, 0.2) is 24.3 Å². The van der Waals surface area contributed by atoms with Gasteiger partial charge in [0, 0.05) is 6.54 Å². The lowest BCUT2D eigenvalue weighted by Crippen LogP contribution is -2.56. The average molecular weight is 278 g/mol. The lowest BCUT2D eigenvalue weighted by atomic mass is 10.1. The van der Waals surface area contributed by atoms with Gasteiger partial charge in [-0.15, -0.1) is 0 Å². The van der Waals surface area contributed by atoms with Crippen molar-refractivity contribution in [2.75, 3.05) is 19.6 Å². The summed E-state index contributed by atoms with van der Waals surface area (Å²) in [6.45, 7) is 3.36. The molecule has 0 bridgehead atoms. The van der Waals surface area contributed by atoms with Gasteiger partial charge in [-0.25, -0.2) is 0 Å². The molecule has 1 fully saturated rings. The minimum absolute atomic E-state index is 0.0432. The Bertz CT molecular complexity index is 458. The van der Waals surface area contributed by atoms with Gasteiger partial charge in [-0.3, -0.25) is 4.79 Å². The fraction of sp³-hybridized carbons (Fsp3) is 0.533. The number of hydrogen-bond donors (Lipinski definition) is 2. The van der Waals surface area contributed by atoms with Crippen LogP contribution in [-0.2, 0) is 11.2 Å². The summed E-state index contributed by atoms with van der Waals surface area (Å²) in [4.78, 5) is 13.5. The predicted molar refractivity (Wildman–Crippen MR) is 76.5 cm³/mol. The first-order chi connectivity index (χ1) is 9.63. The Labute approximate surface area is 119 Å². The molecule has 2 rings (SSSR count). The highest BCUT2D eigenvalue weighted by Gasteiger charge is 2.32. The Morgan fingerprint density at radius 1 is 1.50 bits per heavy atom. The Balaban J connectivity index is 1.80. The van der Waals surface area contributed by atoms with Crippen molar-refractivity contribution in [3.8, 4) is 5.75 Å². The molecule has 1 amide bonds. The number of hydrogen-bond acceptors (Lipinski definition) is 4. The molecule has 0 saturated carbocycles. The minimum Gasteiger partial charge on any atom is -0.486 e. The summed E-state index contributed by atoms with van der Waals surface area (Å²) in [6.07, 6.45) is 0.313. The van der Waals surface area contributed by atoms with Gasteiger partial charge < -0.3 is 20.5 Å². The van der Waals surface area contributed by atoms with Crippen LogP contribution in [0.5, 0.6) is 5.75 Å². The molecule has 5 heteroatoms. The molecule has 1 aromatic carbocycles. The van der Waals surface area contributed by atoms with E-state index in [0.29, 0.717) is 13.1 Å². The van der Waals surface area contributed by atoms with E-state index in [1.165, 1.54) is 5.56 Å². The molecule has 1 unspecified atom stereocenters. The number of amides is 1. The summed E-state index contributed by atoms with van der Waals surface area (Å²) in [6, 6.07) is 7.96. The molecule has 1 saturated heterocycles. The molecule has 1 atom stereocenters. The number of likely N-dealkylation sites (tertiary alicyclic amines) is 1. The second-order valence-electron chi connectivity index (χ2n) is 5.09. The zero-order chi connectivity index (χ0) is 14.5.